The van der Waals surface area contributed by atoms with Crippen molar-refractivity contribution >= 4 is 0 Å². The molecule has 0 aliphatic heterocycles. The summed E-state index contributed by atoms with van der Waals surface area (Å²) in [5.74, 6) is 0.956. The number of nitrogens with zero attached hydrogens (tertiary/aromatic N) is 2. The second-order valence-electron chi connectivity index (χ2n) is 5.95. The largest absolute Gasteiger partial charge is 0.494 e. The molecule has 0 aliphatic rings. The minimum atomic E-state index is 0.784. The summed E-state index contributed by atoms with van der Waals surface area (Å²) in [6.07, 6.45) is 9.18. The van der Waals surface area contributed by atoms with Crippen molar-refractivity contribution in [3.05, 3.63) is 53.9 Å². The summed E-state index contributed by atoms with van der Waals surface area (Å²) in [5.41, 5.74) is 2.23. The first-order valence-electron chi connectivity index (χ1n) is 8.88. The Labute approximate surface area is 140 Å². The minimum Gasteiger partial charge on any atom is -0.494 e. The standard InChI is InChI=1S/C20H28N2O/c1-2-3-6-11-18-15-16-19(22-21-18)12-7-5-10-17-23-20-13-8-4-9-14-20/h4,8-9,13-16H,2-3,5-7,10-12,17H2,1H3. The molecule has 0 radical (unpaired) electrons. The summed E-state index contributed by atoms with van der Waals surface area (Å²) < 4.78 is 5.69. The molecule has 0 saturated heterocycles. The lowest BCUT2D eigenvalue weighted by Gasteiger charge is -2.05. The van der Waals surface area contributed by atoms with Crippen molar-refractivity contribution in [3.63, 3.8) is 0 Å². The van der Waals surface area contributed by atoms with E-state index in [-0.39, 0.29) is 0 Å². The quantitative estimate of drug-likeness (QED) is 0.548. The average Bonchev–Trinajstić information content (AvgIpc) is 2.60. The Kier molecular flexibility index (Phi) is 8.17. The van der Waals surface area contributed by atoms with Gasteiger partial charge in [0.25, 0.3) is 0 Å². The predicted octanol–water partition coefficient (Wildman–Crippen LogP) is 5.00. The lowest BCUT2D eigenvalue weighted by Crippen LogP contribution is -2.00. The fourth-order valence-corrected chi connectivity index (χ4v) is 2.50. The van der Waals surface area contributed by atoms with E-state index in [0.29, 0.717) is 0 Å². The first-order chi connectivity index (χ1) is 11.4. The van der Waals surface area contributed by atoms with Gasteiger partial charge in [-0.25, -0.2) is 0 Å². The van der Waals surface area contributed by atoms with Gasteiger partial charge in [-0.05, 0) is 62.8 Å². The van der Waals surface area contributed by atoms with Gasteiger partial charge in [0.15, 0.2) is 0 Å². The van der Waals surface area contributed by atoms with Crippen molar-refractivity contribution in [3.8, 4) is 5.75 Å². The molecule has 2 rings (SSSR count). The van der Waals surface area contributed by atoms with E-state index < -0.39 is 0 Å². The Bertz CT molecular complexity index is 525. The second-order valence-corrected chi connectivity index (χ2v) is 5.95. The Balaban J connectivity index is 1.55. The van der Waals surface area contributed by atoms with E-state index in [2.05, 4.69) is 29.3 Å². The van der Waals surface area contributed by atoms with E-state index in [1.54, 1.807) is 0 Å². The molecule has 3 heteroatoms. The Morgan fingerprint density at radius 3 is 2.00 bits per heavy atom. The normalized spacial score (nSPS) is 10.7. The molecule has 0 saturated carbocycles. The van der Waals surface area contributed by atoms with Crippen LogP contribution in [0.15, 0.2) is 42.5 Å². The monoisotopic (exact) mass is 312 g/mol. The third-order valence-corrected chi connectivity index (χ3v) is 3.90. The van der Waals surface area contributed by atoms with Crippen LogP contribution in [-0.4, -0.2) is 16.8 Å². The molecule has 23 heavy (non-hydrogen) atoms. The molecule has 124 valence electrons. The molecule has 1 aromatic carbocycles. The molecule has 0 bridgehead atoms. The number of benzene rings is 1. The van der Waals surface area contributed by atoms with E-state index in [0.717, 1.165) is 55.8 Å². The predicted molar refractivity (Wildman–Crippen MR) is 94.8 cm³/mol. The van der Waals surface area contributed by atoms with Gasteiger partial charge in [-0.15, -0.1) is 0 Å². The van der Waals surface area contributed by atoms with Crippen LogP contribution in [0.25, 0.3) is 0 Å². The number of aromatic nitrogens is 2. The summed E-state index contributed by atoms with van der Waals surface area (Å²) in [6, 6.07) is 14.3. The minimum absolute atomic E-state index is 0.784. The summed E-state index contributed by atoms with van der Waals surface area (Å²) in [5, 5.41) is 8.67. The molecule has 0 fully saturated rings. The van der Waals surface area contributed by atoms with E-state index in [9.17, 15) is 0 Å². The SMILES string of the molecule is CCCCCc1ccc(CCCCCOc2ccccc2)nn1. The van der Waals surface area contributed by atoms with Crippen molar-refractivity contribution < 1.29 is 4.74 Å². The van der Waals surface area contributed by atoms with Gasteiger partial charge in [0.05, 0.1) is 18.0 Å². The molecule has 3 nitrogen and oxygen atoms in total. The van der Waals surface area contributed by atoms with Gasteiger partial charge in [-0.1, -0.05) is 38.0 Å². The van der Waals surface area contributed by atoms with Crippen molar-refractivity contribution in [2.24, 2.45) is 0 Å². The lowest BCUT2D eigenvalue weighted by atomic mass is 10.1. The van der Waals surface area contributed by atoms with Crippen molar-refractivity contribution in [2.75, 3.05) is 6.61 Å². The third kappa shape index (κ3) is 7.27. The fourth-order valence-electron chi connectivity index (χ4n) is 2.50. The lowest BCUT2D eigenvalue weighted by molar-refractivity contribution is 0.305. The smallest absolute Gasteiger partial charge is 0.119 e. The molecule has 2 aromatic rings. The topological polar surface area (TPSA) is 35.0 Å². The van der Waals surface area contributed by atoms with Crippen molar-refractivity contribution in [1.82, 2.24) is 10.2 Å². The van der Waals surface area contributed by atoms with Gasteiger partial charge in [0.1, 0.15) is 5.75 Å². The van der Waals surface area contributed by atoms with Gasteiger partial charge >= 0.3 is 0 Å². The van der Waals surface area contributed by atoms with E-state index in [4.69, 9.17) is 4.74 Å². The maximum Gasteiger partial charge on any atom is 0.119 e. The second kappa shape index (κ2) is 10.8. The molecule has 0 unspecified atom stereocenters. The number of rotatable bonds is 11. The van der Waals surface area contributed by atoms with E-state index in [1.165, 1.54) is 19.3 Å². The highest BCUT2D eigenvalue weighted by molar-refractivity contribution is 5.20. The van der Waals surface area contributed by atoms with Crippen LogP contribution in [0.4, 0.5) is 0 Å². The van der Waals surface area contributed by atoms with Gasteiger partial charge in [0.2, 0.25) is 0 Å². The summed E-state index contributed by atoms with van der Waals surface area (Å²) in [4.78, 5) is 0. The molecular formula is C20H28N2O. The first-order valence-corrected chi connectivity index (χ1v) is 8.88. The van der Waals surface area contributed by atoms with Crippen molar-refractivity contribution in [1.29, 1.82) is 0 Å². The van der Waals surface area contributed by atoms with Gasteiger partial charge in [-0.2, -0.15) is 10.2 Å². The molecule has 1 aromatic heterocycles. The van der Waals surface area contributed by atoms with Crippen molar-refractivity contribution in [2.45, 2.75) is 58.3 Å². The number of hydrogen-bond acceptors (Lipinski definition) is 3. The zero-order valence-corrected chi connectivity index (χ0v) is 14.2. The summed E-state index contributed by atoms with van der Waals surface area (Å²) in [6.45, 7) is 3.01. The Hall–Kier alpha value is -1.90. The van der Waals surface area contributed by atoms with E-state index in [1.807, 2.05) is 30.3 Å². The zero-order chi connectivity index (χ0) is 16.2. The maximum absolute atomic E-state index is 5.69. The molecule has 0 amide bonds. The first kappa shape index (κ1) is 17.5. The average molecular weight is 312 g/mol. The third-order valence-electron chi connectivity index (χ3n) is 3.90. The number of para-hydroxylation sites is 1. The number of aryl methyl sites for hydroxylation is 2. The van der Waals surface area contributed by atoms with Crippen LogP contribution in [0.1, 0.15) is 56.8 Å². The molecule has 1 heterocycles. The Morgan fingerprint density at radius 1 is 0.739 bits per heavy atom. The Morgan fingerprint density at radius 2 is 1.39 bits per heavy atom. The van der Waals surface area contributed by atoms with Gasteiger partial charge < -0.3 is 4.74 Å². The van der Waals surface area contributed by atoms with Crippen LogP contribution in [0.5, 0.6) is 5.75 Å². The van der Waals surface area contributed by atoms with Crippen LogP contribution < -0.4 is 4.74 Å². The summed E-state index contributed by atoms with van der Waals surface area (Å²) >= 11 is 0. The molecule has 0 spiro atoms. The van der Waals surface area contributed by atoms with Crippen LogP contribution in [0.3, 0.4) is 0 Å². The van der Waals surface area contributed by atoms with E-state index >= 15 is 0 Å². The van der Waals surface area contributed by atoms with Gasteiger partial charge in [0, 0.05) is 0 Å². The van der Waals surface area contributed by atoms with Crippen LogP contribution in [0.2, 0.25) is 0 Å². The molecule has 0 atom stereocenters. The highest BCUT2D eigenvalue weighted by atomic mass is 16.5. The highest BCUT2D eigenvalue weighted by Gasteiger charge is 1.99. The summed E-state index contributed by atoms with van der Waals surface area (Å²) in [7, 11) is 0. The highest BCUT2D eigenvalue weighted by Crippen LogP contribution is 2.10. The molecule has 0 aliphatic carbocycles. The molecular weight excluding hydrogens is 284 g/mol. The van der Waals surface area contributed by atoms with Crippen LogP contribution >= 0.6 is 0 Å². The fraction of sp³-hybridized carbons (Fsp3) is 0.500. The van der Waals surface area contributed by atoms with Crippen LogP contribution in [-0.2, 0) is 12.8 Å². The zero-order valence-electron chi connectivity index (χ0n) is 14.2. The number of hydrogen-bond donors (Lipinski definition) is 0. The number of ether oxygens (including phenoxy) is 1. The van der Waals surface area contributed by atoms with Gasteiger partial charge in [-0.3, -0.25) is 0 Å². The molecule has 0 N–H and O–H groups in total. The van der Waals surface area contributed by atoms with Crippen LogP contribution in [0, 0.1) is 0 Å². The number of unbranched alkanes of at least 4 members (excludes halogenated alkanes) is 4. The maximum atomic E-state index is 5.69.